The van der Waals surface area contributed by atoms with Crippen LogP contribution >= 0.6 is 0 Å². The fourth-order valence-electron chi connectivity index (χ4n) is 1.10. The number of likely N-dealkylation sites (N-methyl/N-ethyl adjacent to an activating group) is 1. The minimum Gasteiger partial charge on any atom is -0.375 e. The van der Waals surface area contributed by atoms with Crippen LogP contribution < -0.4 is 10.6 Å². The summed E-state index contributed by atoms with van der Waals surface area (Å²) in [5, 5.41) is 5.10. The van der Waals surface area contributed by atoms with E-state index in [4.69, 9.17) is 0 Å². The van der Waals surface area contributed by atoms with Gasteiger partial charge < -0.3 is 15.4 Å². The highest BCUT2D eigenvalue weighted by atomic mass is 16.5. The Kier molecular flexibility index (Phi) is 6.74. The van der Waals surface area contributed by atoms with Gasteiger partial charge in [0, 0.05) is 14.2 Å². The molecule has 1 atom stereocenters. The third-order valence-corrected chi connectivity index (χ3v) is 1.75. The predicted octanol–water partition coefficient (Wildman–Crippen LogP) is -0.336. The van der Waals surface area contributed by atoms with Gasteiger partial charge in [0.25, 0.3) is 0 Å². The quantitative estimate of drug-likeness (QED) is 0.619. The maximum atomic E-state index is 11.3. The summed E-state index contributed by atoms with van der Waals surface area (Å²) >= 11 is 0. The summed E-state index contributed by atoms with van der Waals surface area (Å²) in [5.74, 6) is -0.439. The molecule has 2 amide bonds. The van der Waals surface area contributed by atoms with Gasteiger partial charge in [-0.25, -0.2) is 0 Å². The lowest BCUT2D eigenvalue weighted by Gasteiger charge is -2.15. The second-order valence-electron chi connectivity index (χ2n) is 2.96. The van der Waals surface area contributed by atoms with E-state index in [1.54, 1.807) is 7.05 Å². The number of amides is 2. The van der Waals surface area contributed by atoms with Crippen LogP contribution in [-0.2, 0) is 14.3 Å². The van der Waals surface area contributed by atoms with Crippen LogP contribution in [0.15, 0.2) is 0 Å². The van der Waals surface area contributed by atoms with Crippen LogP contribution in [0.4, 0.5) is 0 Å². The fraction of sp³-hybridized carbons (Fsp3) is 0.778. The molecular weight excluding hydrogens is 184 g/mol. The zero-order valence-corrected chi connectivity index (χ0v) is 8.92. The molecule has 0 spiro atoms. The van der Waals surface area contributed by atoms with E-state index in [-0.39, 0.29) is 18.4 Å². The molecule has 0 saturated heterocycles. The Labute approximate surface area is 84.2 Å². The topological polar surface area (TPSA) is 67.4 Å². The van der Waals surface area contributed by atoms with Crippen molar-refractivity contribution in [2.45, 2.75) is 25.8 Å². The molecule has 0 unspecified atom stereocenters. The van der Waals surface area contributed by atoms with Crippen LogP contribution in [0, 0.1) is 0 Å². The van der Waals surface area contributed by atoms with E-state index in [0.29, 0.717) is 6.42 Å². The highest BCUT2D eigenvalue weighted by Crippen LogP contribution is 1.96. The standard InChI is InChI=1S/C9H18N2O3/c1-4-5-7(9(13)10-2)11-8(12)6-14-3/h7H,4-6H2,1-3H3,(H,10,13)(H,11,12)/t7-/m0/s1. The monoisotopic (exact) mass is 202 g/mol. The van der Waals surface area contributed by atoms with Gasteiger partial charge in [0.05, 0.1) is 0 Å². The highest BCUT2D eigenvalue weighted by molar-refractivity contribution is 5.87. The van der Waals surface area contributed by atoms with E-state index in [1.165, 1.54) is 7.11 Å². The molecule has 0 aliphatic rings. The molecule has 5 nitrogen and oxygen atoms in total. The number of nitrogens with one attached hydrogen (secondary N) is 2. The predicted molar refractivity (Wildman–Crippen MR) is 52.8 cm³/mol. The van der Waals surface area contributed by atoms with E-state index >= 15 is 0 Å². The lowest BCUT2D eigenvalue weighted by Crippen LogP contribution is -2.46. The van der Waals surface area contributed by atoms with Gasteiger partial charge in [-0.1, -0.05) is 13.3 Å². The van der Waals surface area contributed by atoms with E-state index < -0.39 is 6.04 Å². The first-order chi connectivity index (χ1) is 6.65. The number of hydrogen-bond acceptors (Lipinski definition) is 3. The molecule has 82 valence electrons. The molecule has 2 N–H and O–H groups in total. The van der Waals surface area contributed by atoms with Gasteiger partial charge >= 0.3 is 0 Å². The van der Waals surface area contributed by atoms with Crippen LogP contribution in [0.25, 0.3) is 0 Å². The van der Waals surface area contributed by atoms with Crippen molar-refractivity contribution in [1.29, 1.82) is 0 Å². The van der Waals surface area contributed by atoms with Crippen molar-refractivity contribution in [1.82, 2.24) is 10.6 Å². The number of ether oxygens (including phenoxy) is 1. The zero-order chi connectivity index (χ0) is 11.0. The Bertz CT molecular complexity index is 194. The molecule has 0 aliphatic heterocycles. The van der Waals surface area contributed by atoms with Crippen LogP contribution in [-0.4, -0.2) is 38.6 Å². The second-order valence-corrected chi connectivity index (χ2v) is 2.96. The van der Waals surface area contributed by atoms with Gasteiger partial charge in [-0.3, -0.25) is 9.59 Å². The van der Waals surface area contributed by atoms with Crippen molar-refractivity contribution in [3.8, 4) is 0 Å². The number of methoxy groups -OCH3 is 1. The van der Waals surface area contributed by atoms with Crippen molar-refractivity contribution in [2.75, 3.05) is 20.8 Å². The fourth-order valence-corrected chi connectivity index (χ4v) is 1.10. The molecule has 0 fully saturated rings. The molecule has 5 heteroatoms. The smallest absolute Gasteiger partial charge is 0.246 e. The summed E-state index contributed by atoms with van der Waals surface area (Å²) in [4.78, 5) is 22.4. The summed E-state index contributed by atoms with van der Waals surface area (Å²) in [6.45, 7) is 1.94. The van der Waals surface area contributed by atoms with Gasteiger partial charge in [-0.2, -0.15) is 0 Å². The van der Waals surface area contributed by atoms with Gasteiger partial charge in [-0.15, -0.1) is 0 Å². The molecule has 14 heavy (non-hydrogen) atoms. The molecule has 0 rings (SSSR count). The minimum atomic E-state index is -0.451. The summed E-state index contributed by atoms with van der Waals surface area (Å²) in [6.07, 6.45) is 1.47. The van der Waals surface area contributed by atoms with Gasteiger partial charge in [0.15, 0.2) is 0 Å². The molecule has 0 aromatic carbocycles. The largest absolute Gasteiger partial charge is 0.375 e. The van der Waals surface area contributed by atoms with Crippen LogP contribution in [0.2, 0.25) is 0 Å². The van der Waals surface area contributed by atoms with E-state index in [2.05, 4.69) is 15.4 Å². The van der Waals surface area contributed by atoms with Crippen molar-refractivity contribution >= 4 is 11.8 Å². The number of rotatable bonds is 6. The van der Waals surface area contributed by atoms with Gasteiger partial charge in [0.2, 0.25) is 11.8 Å². The number of carbonyl (C=O) groups excluding carboxylic acids is 2. The first kappa shape index (κ1) is 12.9. The summed E-state index contributed by atoms with van der Waals surface area (Å²) in [5.41, 5.74) is 0. The number of hydrogen-bond donors (Lipinski definition) is 2. The SMILES string of the molecule is CCC[C@H](NC(=O)COC)C(=O)NC. The summed E-state index contributed by atoms with van der Waals surface area (Å²) in [6, 6.07) is -0.451. The Hall–Kier alpha value is -1.10. The Morgan fingerprint density at radius 3 is 2.50 bits per heavy atom. The normalized spacial score (nSPS) is 11.9. The molecule has 0 heterocycles. The van der Waals surface area contributed by atoms with Crippen LogP contribution in [0.5, 0.6) is 0 Å². The molecule has 0 saturated carbocycles. The lowest BCUT2D eigenvalue weighted by molar-refractivity contribution is -0.130. The third-order valence-electron chi connectivity index (χ3n) is 1.75. The first-order valence-electron chi connectivity index (χ1n) is 4.65. The minimum absolute atomic E-state index is 0.0167. The third kappa shape index (κ3) is 4.81. The first-order valence-corrected chi connectivity index (χ1v) is 4.65. The van der Waals surface area contributed by atoms with Crippen molar-refractivity contribution in [3.63, 3.8) is 0 Å². The Balaban J connectivity index is 4.08. The maximum absolute atomic E-state index is 11.3. The van der Waals surface area contributed by atoms with Gasteiger partial charge in [0.1, 0.15) is 12.6 Å². The van der Waals surface area contributed by atoms with Crippen molar-refractivity contribution in [3.05, 3.63) is 0 Å². The molecule has 0 aromatic rings. The van der Waals surface area contributed by atoms with Crippen LogP contribution in [0.1, 0.15) is 19.8 Å². The highest BCUT2D eigenvalue weighted by Gasteiger charge is 2.17. The number of carbonyl (C=O) groups is 2. The molecule has 0 bridgehead atoms. The average Bonchev–Trinajstić information content (AvgIpc) is 2.16. The summed E-state index contributed by atoms with van der Waals surface area (Å²) < 4.78 is 4.65. The van der Waals surface area contributed by atoms with Crippen molar-refractivity contribution in [2.24, 2.45) is 0 Å². The lowest BCUT2D eigenvalue weighted by atomic mass is 10.1. The maximum Gasteiger partial charge on any atom is 0.246 e. The van der Waals surface area contributed by atoms with E-state index in [1.807, 2.05) is 6.92 Å². The Morgan fingerprint density at radius 2 is 2.07 bits per heavy atom. The second kappa shape index (κ2) is 7.32. The van der Waals surface area contributed by atoms with Gasteiger partial charge in [-0.05, 0) is 6.42 Å². The average molecular weight is 202 g/mol. The van der Waals surface area contributed by atoms with Crippen molar-refractivity contribution < 1.29 is 14.3 Å². The zero-order valence-electron chi connectivity index (χ0n) is 8.92. The summed E-state index contributed by atoms with van der Waals surface area (Å²) in [7, 11) is 2.99. The molecule has 0 aromatic heterocycles. The van der Waals surface area contributed by atoms with Crippen LogP contribution in [0.3, 0.4) is 0 Å². The Morgan fingerprint density at radius 1 is 1.43 bits per heavy atom. The van der Waals surface area contributed by atoms with E-state index in [9.17, 15) is 9.59 Å². The molecule has 0 radical (unpaired) electrons. The molecular formula is C9H18N2O3. The van der Waals surface area contributed by atoms with E-state index in [0.717, 1.165) is 6.42 Å². The molecule has 0 aliphatic carbocycles.